The van der Waals surface area contributed by atoms with Crippen LogP contribution in [0.25, 0.3) is 0 Å². The molecule has 12 heteroatoms. The van der Waals surface area contributed by atoms with Crippen molar-refractivity contribution < 1.29 is 37.8 Å². The lowest BCUT2D eigenvalue weighted by atomic mass is 9.96. The fourth-order valence-corrected chi connectivity index (χ4v) is 4.98. The van der Waals surface area contributed by atoms with Gasteiger partial charge < -0.3 is 30.7 Å². The topological polar surface area (TPSA) is 152 Å². The number of esters is 1. The number of carbonyl (C=O) groups excluding carboxylic acids is 5. The van der Waals surface area contributed by atoms with Crippen molar-refractivity contribution in [1.29, 1.82) is 0 Å². The van der Waals surface area contributed by atoms with E-state index in [2.05, 4.69) is 21.3 Å². The quantitative estimate of drug-likeness (QED) is 0.163. The molecule has 1 saturated heterocycles. The number of alkyl carbamates (subject to hydrolysis) is 1. The minimum Gasteiger partial charge on any atom is -0.463 e. The molecule has 0 aliphatic carbocycles. The summed E-state index contributed by atoms with van der Waals surface area (Å²) in [5, 5.41) is 11.0. The molecule has 1 aliphatic heterocycles. The molecule has 1 unspecified atom stereocenters. The SMILES string of the molecule is CCOC(=O)/C=C/[C@H](C[C@@H]1CCNC1=O)NC(=O)[C@H](CC(C)C)NC(=O)C(Cc1ccc(F)cc1)NC(=O)OCc1ccccc1. The minimum atomic E-state index is -1.15. The second-order valence-corrected chi connectivity index (χ2v) is 11.5. The number of hydrogen-bond donors (Lipinski definition) is 4. The van der Waals surface area contributed by atoms with Gasteiger partial charge in [0.2, 0.25) is 17.7 Å². The third-order valence-electron chi connectivity index (χ3n) is 7.29. The van der Waals surface area contributed by atoms with E-state index < -0.39 is 47.8 Å². The van der Waals surface area contributed by atoms with E-state index in [1.165, 1.54) is 36.4 Å². The smallest absolute Gasteiger partial charge is 0.408 e. The number of nitrogens with one attached hydrogen (secondary N) is 4. The van der Waals surface area contributed by atoms with Crippen LogP contribution in [0.3, 0.4) is 0 Å². The van der Waals surface area contributed by atoms with Crippen LogP contribution in [0, 0.1) is 17.7 Å². The number of halogens is 1. The molecular formula is C34H43FN4O7. The number of benzene rings is 2. The van der Waals surface area contributed by atoms with E-state index in [0.717, 1.165) is 5.56 Å². The van der Waals surface area contributed by atoms with Gasteiger partial charge in [0.25, 0.3) is 0 Å². The Bertz CT molecular complexity index is 1350. The fraction of sp³-hybridized carbons (Fsp3) is 0.441. The van der Waals surface area contributed by atoms with Crippen molar-refractivity contribution in [2.24, 2.45) is 11.8 Å². The largest absolute Gasteiger partial charge is 0.463 e. The highest BCUT2D eigenvalue weighted by atomic mass is 19.1. The zero-order chi connectivity index (χ0) is 33.5. The summed E-state index contributed by atoms with van der Waals surface area (Å²) in [4.78, 5) is 64.3. The Hall–Kier alpha value is -4.74. The summed E-state index contributed by atoms with van der Waals surface area (Å²) >= 11 is 0. The summed E-state index contributed by atoms with van der Waals surface area (Å²) in [5.41, 5.74) is 1.33. The van der Waals surface area contributed by atoms with Crippen molar-refractivity contribution in [3.05, 3.63) is 83.7 Å². The van der Waals surface area contributed by atoms with Crippen molar-refractivity contribution in [3.8, 4) is 0 Å². The molecule has 0 spiro atoms. The highest BCUT2D eigenvalue weighted by Gasteiger charge is 2.31. The Kier molecular flexibility index (Phi) is 14.2. The second kappa shape index (κ2) is 18.3. The third kappa shape index (κ3) is 12.3. The van der Waals surface area contributed by atoms with Crippen LogP contribution >= 0.6 is 0 Å². The van der Waals surface area contributed by atoms with E-state index in [0.29, 0.717) is 18.5 Å². The van der Waals surface area contributed by atoms with Gasteiger partial charge in [0.15, 0.2) is 0 Å². The van der Waals surface area contributed by atoms with Gasteiger partial charge in [-0.25, -0.2) is 14.0 Å². The van der Waals surface area contributed by atoms with Crippen LogP contribution in [-0.2, 0) is 41.7 Å². The predicted molar refractivity (Wildman–Crippen MR) is 168 cm³/mol. The zero-order valence-corrected chi connectivity index (χ0v) is 26.4. The average Bonchev–Trinajstić information content (AvgIpc) is 3.43. The van der Waals surface area contributed by atoms with Crippen LogP contribution in [-0.4, -0.2) is 61.1 Å². The minimum absolute atomic E-state index is 0.00423. The van der Waals surface area contributed by atoms with Gasteiger partial charge in [0.05, 0.1) is 6.61 Å². The molecule has 1 aliphatic rings. The van der Waals surface area contributed by atoms with Crippen LogP contribution in [0.4, 0.5) is 9.18 Å². The summed E-state index contributed by atoms with van der Waals surface area (Å²) in [6.07, 6.45) is 2.95. The molecule has 3 rings (SSSR count). The molecule has 11 nitrogen and oxygen atoms in total. The van der Waals surface area contributed by atoms with Gasteiger partial charge in [0.1, 0.15) is 24.5 Å². The second-order valence-electron chi connectivity index (χ2n) is 11.5. The standard InChI is InChI=1S/C34H43FN4O7/c1-4-45-30(40)15-14-27(20-25-16-17-36-31(25)41)37-32(42)28(18-22(2)3)38-33(43)29(19-23-10-12-26(35)13-11-23)39-34(44)46-21-24-8-6-5-7-9-24/h5-15,22,25,27-29H,4,16-21H2,1-3H3,(H,36,41)(H,37,42)(H,38,43)(H,39,44)/b15-14+/t25-,27+,28-,29?/m0/s1. The van der Waals surface area contributed by atoms with E-state index in [1.54, 1.807) is 31.2 Å². The summed E-state index contributed by atoms with van der Waals surface area (Å²) in [5.74, 6) is -2.70. The maximum atomic E-state index is 13.7. The van der Waals surface area contributed by atoms with E-state index in [1.807, 2.05) is 19.9 Å². The molecule has 4 amide bonds. The monoisotopic (exact) mass is 638 g/mol. The van der Waals surface area contributed by atoms with Crippen LogP contribution in [0.2, 0.25) is 0 Å². The molecule has 1 fully saturated rings. The van der Waals surface area contributed by atoms with Gasteiger partial charge in [-0.1, -0.05) is 62.4 Å². The van der Waals surface area contributed by atoms with E-state index in [-0.39, 0.29) is 50.2 Å². The molecule has 0 aromatic heterocycles. The maximum absolute atomic E-state index is 13.7. The lowest BCUT2D eigenvalue weighted by Crippen LogP contribution is -2.55. The van der Waals surface area contributed by atoms with Gasteiger partial charge in [-0.15, -0.1) is 0 Å². The van der Waals surface area contributed by atoms with Crippen LogP contribution in [0.15, 0.2) is 66.7 Å². The lowest BCUT2D eigenvalue weighted by molar-refractivity contribution is -0.137. The zero-order valence-electron chi connectivity index (χ0n) is 26.4. The number of amides is 4. The first-order valence-electron chi connectivity index (χ1n) is 15.5. The summed E-state index contributed by atoms with van der Waals surface area (Å²) < 4.78 is 23.8. The molecule has 0 radical (unpaired) electrons. The van der Waals surface area contributed by atoms with Gasteiger partial charge in [-0.3, -0.25) is 14.4 Å². The normalized spacial score (nSPS) is 16.3. The molecule has 1 heterocycles. The number of carbonyl (C=O) groups is 5. The molecule has 4 N–H and O–H groups in total. The number of ether oxygens (including phenoxy) is 2. The lowest BCUT2D eigenvalue weighted by Gasteiger charge is -2.26. The molecular weight excluding hydrogens is 595 g/mol. The first-order chi connectivity index (χ1) is 22.0. The molecule has 248 valence electrons. The van der Waals surface area contributed by atoms with Crippen LogP contribution < -0.4 is 21.3 Å². The van der Waals surface area contributed by atoms with Crippen LogP contribution in [0.5, 0.6) is 0 Å². The number of rotatable bonds is 16. The van der Waals surface area contributed by atoms with Gasteiger partial charge in [-0.05, 0) is 55.4 Å². The summed E-state index contributed by atoms with van der Waals surface area (Å²) in [6.45, 7) is 6.14. The molecule has 2 aromatic rings. The Morgan fingerprint density at radius 3 is 2.26 bits per heavy atom. The number of hydrogen-bond acceptors (Lipinski definition) is 7. The maximum Gasteiger partial charge on any atom is 0.408 e. The molecule has 46 heavy (non-hydrogen) atoms. The Morgan fingerprint density at radius 2 is 1.63 bits per heavy atom. The van der Waals surface area contributed by atoms with E-state index in [4.69, 9.17) is 9.47 Å². The molecule has 2 aromatic carbocycles. The predicted octanol–water partition coefficient (Wildman–Crippen LogP) is 3.32. The highest BCUT2D eigenvalue weighted by Crippen LogP contribution is 2.18. The average molecular weight is 639 g/mol. The molecule has 4 atom stereocenters. The van der Waals surface area contributed by atoms with Crippen molar-refractivity contribution in [3.63, 3.8) is 0 Å². The summed E-state index contributed by atoms with van der Waals surface area (Å²) in [7, 11) is 0. The van der Waals surface area contributed by atoms with E-state index >= 15 is 0 Å². The van der Waals surface area contributed by atoms with Crippen molar-refractivity contribution in [2.45, 2.75) is 71.2 Å². The highest BCUT2D eigenvalue weighted by molar-refractivity contribution is 5.92. The Morgan fingerprint density at radius 1 is 0.935 bits per heavy atom. The van der Waals surface area contributed by atoms with Crippen molar-refractivity contribution in [1.82, 2.24) is 21.3 Å². The fourth-order valence-electron chi connectivity index (χ4n) is 4.98. The van der Waals surface area contributed by atoms with Crippen molar-refractivity contribution in [2.75, 3.05) is 13.2 Å². The van der Waals surface area contributed by atoms with E-state index in [9.17, 15) is 28.4 Å². The third-order valence-corrected chi connectivity index (χ3v) is 7.29. The van der Waals surface area contributed by atoms with Crippen molar-refractivity contribution >= 4 is 29.8 Å². The Labute approximate surface area is 268 Å². The first kappa shape index (κ1) is 35.7. The Balaban J connectivity index is 1.76. The van der Waals surface area contributed by atoms with Gasteiger partial charge in [-0.2, -0.15) is 0 Å². The molecule has 0 saturated carbocycles. The van der Waals surface area contributed by atoms with Gasteiger partial charge >= 0.3 is 12.1 Å². The molecule has 0 bridgehead atoms. The summed E-state index contributed by atoms with van der Waals surface area (Å²) in [6, 6.07) is 11.7. The van der Waals surface area contributed by atoms with Gasteiger partial charge in [0, 0.05) is 31.0 Å². The first-order valence-corrected chi connectivity index (χ1v) is 15.5. The van der Waals surface area contributed by atoms with Crippen LogP contribution in [0.1, 0.15) is 51.2 Å².